The second-order valence-electron chi connectivity index (χ2n) is 10.1. The molecule has 204 valence electrons. The van der Waals surface area contributed by atoms with Crippen molar-refractivity contribution in [3.63, 3.8) is 0 Å². The Kier molecular flexibility index (Phi) is 8.74. The van der Waals surface area contributed by atoms with E-state index in [-0.39, 0.29) is 11.7 Å². The molecule has 1 aromatic carbocycles. The van der Waals surface area contributed by atoms with Gasteiger partial charge in [-0.15, -0.1) is 0 Å². The van der Waals surface area contributed by atoms with Crippen LogP contribution in [0.2, 0.25) is 0 Å². The summed E-state index contributed by atoms with van der Waals surface area (Å²) < 4.78 is 40.6. The van der Waals surface area contributed by atoms with Crippen molar-refractivity contribution in [2.75, 3.05) is 41.8 Å². The molecule has 1 aliphatic heterocycles. The minimum atomic E-state index is -4.47. The van der Waals surface area contributed by atoms with E-state index in [4.69, 9.17) is 9.97 Å². The van der Waals surface area contributed by atoms with Crippen molar-refractivity contribution in [2.45, 2.75) is 65.0 Å². The van der Waals surface area contributed by atoms with Gasteiger partial charge >= 0.3 is 6.18 Å². The Balaban J connectivity index is 1.56. The van der Waals surface area contributed by atoms with Gasteiger partial charge in [0.15, 0.2) is 0 Å². The number of hydrogen-bond donors (Lipinski definition) is 1. The van der Waals surface area contributed by atoms with Gasteiger partial charge < -0.3 is 15.1 Å². The summed E-state index contributed by atoms with van der Waals surface area (Å²) >= 11 is 0. The summed E-state index contributed by atoms with van der Waals surface area (Å²) in [4.78, 5) is 17.7. The van der Waals surface area contributed by atoms with Crippen LogP contribution in [0, 0.1) is 0 Å². The molecule has 38 heavy (non-hydrogen) atoms. The summed E-state index contributed by atoms with van der Waals surface area (Å²) in [7, 11) is 1.64. The number of aromatic nitrogens is 3. The molecule has 1 fully saturated rings. The highest BCUT2D eigenvalue weighted by atomic mass is 19.4. The third-order valence-corrected chi connectivity index (χ3v) is 6.97. The SMILES string of the molecule is CCc1c(CCN(C)c2ncccc2C(F)(F)F)nc(C(C)C)nc1Nc1ccc(N2CCCCC2)cc1. The molecule has 0 spiro atoms. The van der Waals surface area contributed by atoms with Crippen LogP contribution in [0.15, 0.2) is 42.6 Å². The molecule has 4 rings (SSSR count). The molecule has 0 bridgehead atoms. The molecule has 3 aromatic rings. The van der Waals surface area contributed by atoms with Crippen LogP contribution >= 0.6 is 0 Å². The highest BCUT2D eigenvalue weighted by Gasteiger charge is 2.35. The summed E-state index contributed by atoms with van der Waals surface area (Å²) in [5, 5.41) is 3.49. The van der Waals surface area contributed by atoms with Gasteiger partial charge in [0, 0.05) is 62.2 Å². The third kappa shape index (κ3) is 6.55. The second kappa shape index (κ2) is 12.0. The number of pyridine rings is 1. The van der Waals surface area contributed by atoms with E-state index in [2.05, 4.69) is 39.5 Å². The number of piperidine rings is 1. The minimum Gasteiger partial charge on any atom is -0.372 e. The first-order valence-electron chi connectivity index (χ1n) is 13.4. The van der Waals surface area contributed by atoms with E-state index in [1.807, 2.05) is 20.8 Å². The molecule has 0 radical (unpaired) electrons. The van der Waals surface area contributed by atoms with Crippen LogP contribution in [0.4, 0.5) is 36.2 Å². The number of halogens is 3. The van der Waals surface area contributed by atoms with E-state index in [1.165, 1.54) is 37.2 Å². The number of nitrogens with one attached hydrogen (secondary N) is 1. The molecule has 1 aliphatic rings. The van der Waals surface area contributed by atoms with Crippen molar-refractivity contribution < 1.29 is 13.2 Å². The number of nitrogens with zero attached hydrogens (tertiary/aromatic N) is 5. The van der Waals surface area contributed by atoms with Crippen LogP contribution in [-0.2, 0) is 19.0 Å². The van der Waals surface area contributed by atoms with Crippen LogP contribution in [0.1, 0.15) is 68.6 Å². The van der Waals surface area contributed by atoms with Gasteiger partial charge in [0.05, 0.1) is 11.3 Å². The summed E-state index contributed by atoms with van der Waals surface area (Å²) in [6.07, 6.45) is 1.85. The van der Waals surface area contributed by atoms with Gasteiger partial charge in [0.2, 0.25) is 0 Å². The average molecular weight is 527 g/mol. The first-order valence-corrected chi connectivity index (χ1v) is 13.4. The Morgan fingerprint density at radius 2 is 1.74 bits per heavy atom. The fourth-order valence-electron chi connectivity index (χ4n) is 4.84. The van der Waals surface area contributed by atoms with Gasteiger partial charge in [0.1, 0.15) is 17.5 Å². The van der Waals surface area contributed by atoms with Gasteiger partial charge in [-0.2, -0.15) is 13.2 Å². The van der Waals surface area contributed by atoms with Crippen molar-refractivity contribution in [1.82, 2.24) is 15.0 Å². The molecule has 3 heterocycles. The van der Waals surface area contributed by atoms with Crippen LogP contribution in [0.5, 0.6) is 0 Å². The van der Waals surface area contributed by atoms with Crippen LogP contribution in [-0.4, -0.2) is 41.6 Å². The molecule has 0 saturated carbocycles. The number of likely N-dealkylation sites (N-methyl/N-ethyl adjacent to an activating group) is 1. The summed E-state index contributed by atoms with van der Waals surface area (Å²) in [6.45, 7) is 8.65. The quantitative estimate of drug-likeness (QED) is 0.324. The van der Waals surface area contributed by atoms with Crippen LogP contribution in [0.3, 0.4) is 0 Å². The molecule has 0 atom stereocenters. The Hall–Kier alpha value is -3.36. The lowest BCUT2D eigenvalue weighted by molar-refractivity contribution is -0.137. The molecule has 1 saturated heterocycles. The van der Waals surface area contributed by atoms with Gasteiger partial charge in [-0.3, -0.25) is 0 Å². The molecule has 2 aromatic heterocycles. The fourth-order valence-corrected chi connectivity index (χ4v) is 4.84. The molecule has 9 heteroatoms. The van der Waals surface area contributed by atoms with E-state index in [0.717, 1.165) is 41.9 Å². The number of alkyl halides is 3. The number of benzene rings is 1. The van der Waals surface area contributed by atoms with E-state index in [9.17, 15) is 13.2 Å². The Morgan fingerprint density at radius 1 is 1.03 bits per heavy atom. The van der Waals surface area contributed by atoms with Crippen molar-refractivity contribution in [1.29, 1.82) is 0 Å². The number of hydrogen-bond acceptors (Lipinski definition) is 6. The summed E-state index contributed by atoms with van der Waals surface area (Å²) in [6, 6.07) is 10.8. The lowest BCUT2D eigenvalue weighted by atomic mass is 10.1. The molecule has 6 nitrogen and oxygen atoms in total. The predicted molar refractivity (Wildman–Crippen MR) is 148 cm³/mol. The average Bonchev–Trinajstić information content (AvgIpc) is 2.92. The summed E-state index contributed by atoms with van der Waals surface area (Å²) in [5.41, 5.74) is 3.25. The van der Waals surface area contributed by atoms with Crippen molar-refractivity contribution >= 4 is 23.0 Å². The number of rotatable bonds is 9. The van der Waals surface area contributed by atoms with Crippen LogP contribution < -0.4 is 15.1 Å². The first kappa shape index (κ1) is 27.7. The minimum absolute atomic E-state index is 0.0802. The monoisotopic (exact) mass is 526 g/mol. The van der Waals surface area contributed by atoms with Gasteiger partial charge in [-0.1, -0.05) is 20.8 Å². The lowest BCUT2D eigenvalue weighted by Gasteiger charge is -2.29. The Morgan fingerprint density at radius 3 is 2.37 bits per heavy atom. The predicted octanol–water partition coefficient (Wildman–Crippen LogP) is 6.99. The van der Waals surface area contributed by atoms with E-state index in [0.29, 0.717) is 25.2 Å². The summed E-state index contributed by atoms with van der Waals surface area (Å²) in [5.74, 6) is 1.49. The third-order valence-electron chi connectivity index (χ3n) is 6.97. The van der Waals surface area contributed by atoms with E-state index < -0.39 is 11.7 Å². The topological polar surface area (TPSA) is 57.2 Å². The normalized spacial score (nSPS) is 14.2. The van der Waals surface area contributed by atoms with Crippen molar-refractivity contribution in [3.05, 3.63) is 65.2 Å². The maximum Gasteiger partial charge on any atom is 0.419 e. The van der Waals surface area contributed by atoms with E-state index >= 15 is 0 Å². The van der Waals surface area contributed by atoms with Gasteiger partial charge in [-0.05, 0) is 62.1 Å². The van der Waals surface area contributed by atoms with E-state index in [1.54, 1.807) is 11.9 Å². The van der Waals surface area contributed by atoms with Gasteiger partial charge in [-0.25, -0.2) is 15.0 Å². The largest absolute Gasteiger partial charge is 0.419 e. The Bertz CT molecular complexity index is 1200. The van der Waals surface area contributed by atoms with Gasteiger partial charge in [0.25, 0.3) is 0 Å². The zero-order chi connectivity index (χ0) is 27.3. The smallest absolute Gasteiger partial charge is 0.372 e. The highest BCUT2D eigenvalue weighted by molar-refractivity contribution is 5.63. The zero-order valence-corrected chi connectivity index (χ0v) is 22.6. The van der Waals surface area contributed by atoms with Crippen molar-refractivity contribution in [2.24, 2.45) is 0 Å². The molecular formula is C29H37F3N6. The molecule has 1 N–H and O–H groups in total. The maximum absolute atomic E-state index is 13.5. The second-order valence-corrected chi connectivity index (χ2v) is 10.1. The molecule has 0 amide bonds. The first-order chi connectivity index (χ1) is 18.2. The number of anilines is 4. The zero-order valence-electron chi connectivity index (χ0n) is 22.6. The standard InChI is InChI=1S/C29H37F3N6/c1-5-23-25(15-19-37(4)28-24(29(30,31)32)10-9-16-33-28)35-26(20(2)3)36-27(23)34-21-11-13-22(14-12-21)38-17-7-6-8-18-38/h9-14,16,20H,5-8,15,17-19H2,1-4H3,(H,34,35,36). The maximum atomic E-state index is 13.5. The molecule has 0 unspecified atom stereocenters. The Labute approximate surface area is 223 Å². The lowest BCUT2D eigenvalue weighted by Crippen LogP contribution is -2.29. The van der Waals surface area contributed by atoms with Crippen LogP contribution in [0.25, 0.3) is 0 Å². The molecule has 0 aliphatic carbocycles. The fraction of sp³-hybridized carbons (Fsp3) is 0.483. The molecular weight excluding hydrogens is 489 g/mol. The highest BCUT2D eigenvalue weighted by Crippen LogP contribution is 2.35. The van der Waals surface area contributed by atoms with Crippen molar-refractivity contribution in [3.8, 4) is 0 Å².